The third-order valence-corrected chi connectivity index (χ3v) is 7.39. The van der Waals surface area contributed by atoms with Crippen molar-refractivity contribution in [3.8, 4) is 5.75 Å². The molecule has 0 bridgehead atoms. The molecule has 1 aromatic carbocycles. The molecule has 0 aliphatic carbocycles. The molecule has 0 fully saturated rings. The Bertz CT molecular complexity index is 389. The first-order valence-corrected chi connectivity index (χ1v) is 8.46. The van der Waals surface area contributed by atoms with Gasteiger partial charge in [-0.15, -0.1) is 0 Å². The number of hydrogen-bond donors (Lipinski definition) is 0. The molecule has 0 atom stereocenters. The Morgan fingerprint density at radius 3 is 1.74 bits per heavy atom. The lowest BCUT2D eigenvalue weighted by molar-refractivity contribution is 0.230. The molecule has 0 radical (unpaired) electrons. The molecule has 4 heteroatoms. The van der Waals surface area contributed by atoms with E-state index in [1.165, 1.54) is 0 Å². The molecule has 1 aromatic rings. The van der Waals surface area contributed by atoms with Crippen LogP contribution in [0.2, 0.25) is 5.04 Å². The molecular weight excluding hydrogens is 256 g/mol. The minimum atomic E-state index is -2.44. The maximum atomic E-state index is 5.83. The molecule has 1 rings (SSSR count). The quantitative estimate of drug-likeness (QED) is 0.776. The summed E-state index contributed by atoms with van der Waals surface area (Å²) < 4.78 is 17.3. The van der Waals surface area contributed by atoms with Gasteiger partial charge >= 0.3 is 8.56 Å². The van der Waals surface area contributed by atoms with E-state index in [-0.39, 0.29) is 11.1 Å². The third-order valence-electron chi connectivity index (χ3n) is 3.17. The van der Waals surface area contributed by atoms with Crippen LogP contribution in [0.25, 0.3) is 0 Å². The van der Waals surface area contributed by atoms with Gasteiger partial charge in [-0.3, -0.25) is 0 Å². The fourth-order valence-corrected chi connectivity index (χ4v) is 5.72. The first kappa shape index (κ1) is 16.2. The zero-order valence-corrected chi connectivity index (χ0v) is 14.1. The van der Waals surface area contributed by atoms with Crippen molar-refractivity contribution in [2.75, 3.05) is 14.2 Å². The second kappa shape index (κ2) is 6.07. The van der Waals surface area contributed by atoms with Crippen molar-refractivity contribution in [1.29, 1.82) is 0 Å². The van der Waals surface area contributed by atoms with Gasteiger partial charge in [-0.25, -0.2) is 0 Å². The molecule has 0 saturated heterocycles. The van der Waals surface area contributed by atoms with Crippen molar-refractivity contribution in [3.63, 3.8) is 0 Å². The van der Waals surface area contributed by atoms with Crippen LogP contribution in [-0.2, 0) is 8.85 Å². The normalized spacial score (nSPS) is 12.8. The Hall–Kier alpha value is -0.843. The second-order valence-corrected chi connectivity index (χ2v) is 10.1. The largest absolute Gasteiger partial charge is 0.491 e. The van der Waals surface area contributed by atoms with Crippen molar-refractivity contribution in [1.82, 2.24) is 0 Å². The maximum absolute atomic E-state index is 5.83. The van der Waals surface area contributed by atoms with Gasteiger partial charge in [0, 0.05) is 19.3 Å². The van der Waals surface area contributed by atoms with E-state index in [1.807, 2.05) is 26.0 Å². The van der Waals surface area contributed by atoms with Crippen LogP contribution in [0.1, 0.15) is 34.6 Å². The molecule has 0 heterocycles. The molecule has 0 spiro atoms. The van der Waals surface area contributed by atoms with E-state index in [9.17, 15) is 0 Å². The summed E-state index contributed by atoms with van der Waals surface area (Å²) in [6.45, 7) is 10.5. The van der Waals surface area contributed by atoms with Crippen LogP contribution in [0.15, 0.2) is 24.3 Å². The molecular formula is C15H26O3Si. The highest BCUT2D eigenvalue weighted by Gasteiger charge is 2.49. The molecule has 0 aromatic heterocycles. The van der Waals surface area contributed by atoms with Crippen LogP contribution in [0.3, 0.4) is 0 Å². The SMILES string of the molecule is CO[Si](OC)(c1ccc(OC(C)C)cc1)C(C)(C)C. The van der Waals surface area contributed by atoms with Gasteiger partial charge in [-0.2, -0.15) is 0 Å². The summed E-state index contributed by atoms with van der Waals surface area (Å²) in [5.74, 6) is 0.878. The van der Waals surface area contributed by atoms with Crippen molar-refractivity contribution < 1.29 is 13.6 Å². The fraction of sp³-hybridized carbons (Fsp3) is 0.600. The molecule has 0 unspecified atom stereocenters. The second-order valence-electron chi connectivity index (χ2n) is 5.97. The molecule has 0 saturated carbocycles. The van der Waals surface area contributed by atoms with Crippen molar-refractivity contribution >= 4 is 13.7 Å². The van der Waals surface area contributed by atoms with Gasteiger partial charge in [0.15, 0.2) is 0 Å². The summed E-state index contributed by atoms with van der Waals surface area (Å²) in [6.07, 6.45) is 0.181. The van der Waals surface area contributed by atoms with E-state index in [0.717, 1.165) is 10.9 Å². The molecule has 0 aliphatic rings. The average molecular weight is 282 g/mol. The summed E-state index contributed by atoms with van der Waals surface area (Å²) in [4.78, 5) is 0. The highest BCUT2D eigenvalue weighted by atomic mass is 28.4. The lowest BCUT2D eigenvalue weighted by atomic mass is 10.2. The Morgan fingerprint density at radius 2 is 1.42 bits per heavy atom. The zero-order valence-electron chi connectivity index (χ0n) is 13.1. The Morgan fingerprint density at radius 1 is 0.947 bits per heavy atom. The number of ether oxygens (including phenoxy) is 1. The molecule has 19 heavy (non-hydrogen) atoms. The predicted octanol–water partition coefficient (Wildman–Crippen LogP) is 3.22. The summed E-state index contributed by atoms with van der Waals surface area (Å²) in [7, 11) is 1.03. The van der Waals surface area contributed by atoms with Gasteiger partial charge in [-0.05, 0) is 31.2 Å². The molecule has 0 aliphatic heterocycles. The van der Waals surface area contributed by atoms with Crippen LogP contribution in [0, 0.1) is 0 Å². The van der Waals surface area contributed by atoms with E-state index < -0.39 is 8.56 Å². The molecule has 108 valence electrons. The first-order chi connectivity index (χ1) is 8.76. The maximum Gasteiger partial charge on any atom is 0.377 e. The average Bonchev–Trinajstić information content (AvgIpc) is 2.31. The topological polar surface area (TPSA) is 27.7 Å². The minimum Gasteiger partial charge on any atom is -0.491 e. The summed E-state index contributed by atoms with van der Waals surface area (Å²) in [6, 6.07) is 8.09. The molecule has 0 N–H and O–H groups in total. The van der Waals surface area contributed by atoms with Gasteiger partial charge in [0.1, 0.15) is 5.75 Å². The van der Waals surface area contributed by atoms with E-state index in [2.05, 4.69) is 32.9 Å². The predicted molar refractivity (Wildman–Crippen MR) is 81.3 cm³/mol. The summed E-state index contributed by atoms with van der Waals surface area (Å²) >= 11 is 0. The third kappa shape index (κ3) is 3.38. The van der Waals surface area contributed by atoms with E-state index in [1.54, 1.807) is 14.2 Å². The Balaban J connectivity index is 3.12. The number of hydrogen-bond acceptors (Lipinski definition) is 3. The minimum absolute atomic E-state index is 0.0447. The van der Waals surface area contributed by atoms with Crippen LogP contribution >= 0.6 is 0 Å². The smallest absolute Gasteiger partial charge is 0.377 e. The Labute approximate surface area is 118 Å². The van der Waals surface area contributed by atoms with Gasteiger partial charge in [0.05, 0.1) is 6.10 Å². The van der Waals surface area contributed by atoms with Gasteiger partial charge in [0.25, 0.3) is 0 Å². The molecule has 3 nitrogen and oxygen atoms in total. The van der Waals surface area contributed by atoms with Gasteiger partial charge < -0.3 is 13.6 Å². The standard InChI is InChI=1S/C15H26O3Si/c1-12(2)18-13-8-10-14(11-9-13)19(16-6,17-7)15(3,4)5/h8-12H,1-7H3. The van der Waals surface area contributed by atoms with E-state index >= 15 is 0 Å². The first-order valence-electron chi connectivity index (χ1n) is 6.64. The van der Waals surface area contributed by atoms with Gasteiger partial charge in [0.2, 0.25) is 0 Å². The monoisotopic (exact) mass is 282 g/mol. The van der Waals surface area contributed by atoms with E-state index in [4.69, 9.17) is 13.6 Å². The van der Waals surface area contributed by atoms with Crippen LogP contribution < -0.4 is 9.92 Å². The van der Waals surface area contributed by atoms with Gasteiger partial charge in [-0.1, -0.05) is 32.9 Å². The lowest BCUT2D eigenvalue weighted by Crippen LogP contribution is -2.59. The van der Waals surface area contributed by atoms with Crippen LogP contribution in [-0.4, -0.2) is 28.9 Å². The van der Waals surface area contributed by atoms with Crippen molar-refractivity contribution in [2.45, 2.75) is 45.8 Å². The summed E-state index contributed by atoms with van der Waals surface area (Å²) in [5.41, 5.74) is 0. The van der Waals surface area contributed by atoms with Crippen molar-refractivity contribution in [2.24, 2.45) is 0 Å². The fourth-order valence-electron chi connectivity index (χ4n) is 2.39. The molecule has 0 amide bonds. The number of benzene rings is 1. The van der Waals surface area contributed by atoms with E-state index in [0.29, 0.717) is 0 Å². The van der Waals surface area contributed by atoms with Crippen molar-refractivity contribution in [3.05, 3.63) is 24.3 Å². The highest BCUT2D eigenvalue weighted by Crippen LogP contribution is 2.36. The Kier molecular flexibility index (Phi) is 5.18. The van der Waals surface area contributed by atoms with Crippen LogP contribution in [0.4, 0.5) is 0 Å². The summed E-state index contributed by atoms with van der Waals surface area (Å²) in [5, 5.41) is 1.08. The number of rotatable bonds is 5. The lowest BCUT2D eigenvalue weighted by Gasteiger charge is -2.39. The zero-order chi connectivity index (χ0) is 14.7. The van der Waals surface area contributed by atoms with Crippen LogP contribution in [0.5, 0.6) is 5.75 Å². The highest BCUT2D eigenvalue weighted by molar-refractivity contribution is 6.83.